The fourth-order valence-electron chi connectivity index (χ4n) is 1.83. The van der Waals surface area contributed by atoms with Gasteiger partial charge in [-0.05, 0) is 12.8 Å². The maximum atomic E-state index is 11.2. The van der Waals surface area contributed by atoms with Crippen molar-refractivity contribution in [2.75, 3.05) is 40.5 Å². The molecule has 1 aliphatic carbocycles. The molecule has 0 spiro atoms. The van der Waals surface area contributed by atoms with Gasteiger partial charge in [0.2, 0.25) is 0 Å². The SMILES string of the molecule is COCCCN(CCOC)C1=CC(=O)CC1. The molecular weight excluding hydrogens is 206 g/mol. The van der Waals surface area contributed by atoms with Crippen molar-refractivity contribution in [3.63, 3.8) is 0 Å². The van der Waals surface area contributed by atoms with Crippen molar-refractivity contribution >= 4 is 5.78 Å². The largest absolute Gasteiger partial charge is 0.385 e. The molecule has 0 fully saturated rings. The summed E-state index contributed by atoms with van der Waals surface area (Å²) in [6.07, 6.45) is 4.27. The Morgan fingerprint density at radius 1 is 1.19 bits per heavy atom. The minimum Gasteiger partial charge on any atom is -0.385 e. The van der Waals surface area contributed by atoms with Gasteiger partial charge in [0.15, 0.2) is 5.78 Å². The summed E-state index contributed by atoms with van der Waals surface area (Å²) in [7, 11) is 3.40. The van der Waals surface area contributed by atoms with Gasteiger partial charge in [-0.2, -0.15) is 0 Å². The Balaban J connectivity index is 2.42. The smallest absolute Gasteiger partial charge is 0.157 e. The second-order valence-electron chi connectivity index (χ2n) is 3.93. The van der Waals surface area contributed by atoms with Crippen LogP contribution in [0.5, 0.6) is 0 Å². The van der Waals surface area contributed by atoms with Crippen molar-refractivity contribution in [3.05, 3.63) is 11.8 Å². The van der Waals surface area contributed by atoms with E-state index in [1.807, 2.05) is 0 Å². The number of nitrogens with zero attached hydrogens (tertiary/aromatic N) is 1. The van der Waals surface area contributed by atoms with E-state index >= 15 is 0 Å². The fraction of sp³-hybridized carbons (Fsp3) is 0.750. The Morgan fingerprint density at radius 2 is 1.94 bits per heavy atom. The summed E-state index contributed by atoms with van der Waals surface area (Å²) in [5.74, 6) is 0.240. The molecule has 1 rings (SSSR count). The lowest BCUT2D eigenvalue weighted by atomic mass is 10.3. The lowest BCUT2D eigenvalue weighted by Crippen LogP contribution is -2.28. The third-order valence-electron chi connectivity index (χ3n) is 2.70. The summed E-state index contributed by atoms with van der Waals surface area (Å²) in [6, 6.07) is 0. The molecule has 1 aliphatic rings. The van der Waals surface area contributed by atoms with Crippen LogP contribution in [0.25, 0.3) is 0 Å². The normalized spacial score (nSPS) is 15.4. The van der Waals surface area contributed by atoms with Crippen molar-refractivity contribution in [2.45, 2.75) is 19.3 Å². The number of ketones is 1. The maximum Gasteiger partial charge on any atom is 0.157 e. The van der Waals surface area contributed by atoms with Gasteiger partial charge in [0, 0.05) is 52.1 Å². The second-order valence-corrected chi connectivity index (χ2v) is 3.93. The van der Waals surface area contributed by atoms with Gasteiger partial charge in [-0.3, -0.25) is 4.79 Å². The zero-order valence-corrected chi connectivity index (χ0v) is 10.2. The molecule has 0 atom stereocenters. The van der Waals surface area contributed by atoms with E-state index in [1.165, 1.54) is 0 Å². The van der Waals surface area contributed by atoms with Crippen LogP contribution in [-0.4, -0.2) is 51.2 Å². The van der Waals surface area contributed by atoms with Gasteiger partial charge in [-0.25, -0.2) is 0 Å². The van der Waals surface area contributed by atoms with E-state index in [9.17, 15) is 4.79 Å². The number of carbonyl (C=O) groups excluding carboxylic acids is 1. The number of allylic oxidation sites excluding steroid dienone is 2. The summed E-state index contributed by atoms with van der Waals surface area (Å²) >= 11 is 0. The predicted octanol–water partition coefficient (Wildman–Crippen LogP) is 1.22. The molecule has 0 bridgehead atoms. The van der Waals surface area contributed by atoms with Gasteiger partial charge in [0.1, 0.15) is 0 Å². The average Bonchev–Trinajstić information content (AvgIpc) is 2.70. The monoisotopic (exact) mass is 227 g/mol. The third-order valence-corrected chi connectivity index (χ3v) is 2.70. The summed E-state index contributed by atoms with van der Waals surface area (Å²) in [5.41, 5.74) is 1.15. The van der Waals surface area contributed by atoms with E-state index in [1.54, 1.807) is 20.3 Å². The molecule has 0 amide bonds. The second kappa shape index (κ2) is 7.41. The number of hydrogen-bond donors (Lipinski definition) is 0. The highest BCUT2D eigenvalue weighted by Crippen LogP contribution is 2.19. The molecule has 0 saturated heterocycles. The van der Waals surface area contributed by atoms with Crippen molar-refractivity contribution in [1.29, 1.82) is 0 Å². The van der Waals surface area contributed by atoms with Crippen LogP contribution < -0.4 is 0 Å². The average molecular weight is 227 g/mol. The molecule has 0 radical (unpaired) electrons. The number of methoxy groups -OCH3 is 2. The first-order valence-electron chi connectivity index (χ1n) is 5.74. The molecule has 0 aliphatic heterocycles. The van der Waals surface area contributed by atoms with Gasteiger partial charge < -0.3 is 14.4 Å². The number of rotatable bonds is 8. The van der Waals surface area contributed by atoms with Crippen LogP contribution in [0, 0.1) is 0 Å². The van der Waals surface area contributed by atoms with E-state index < -0.39 is 0 Å². The molecule has 4 heteroatoms. The van der Waals surface area contributed by atoms with Gasteiger partial charge >= 0.3 is 0 Å². The van der Waals surface area contributed by atoms with E-state index in [-0.39, 0.29) is 5.78 Å². The molecule has 0 unspecified atom stereocenters. The van der Waals surface area contributed by atoms with E-state index in [0.717, 1.165) is 38.2 Å². The summed E-state index contributed by atoms with van der Waals surface area (Å²) < 4.78 is 10.1. The lowest BCUT2D eigenvalue weighted by molar-refractivity contribution is -0.114. The van der Waals surface area contributed by atoms with Gasteiger partial charge in [-0.15, -0.1) is 0 Å². The molecule has 4 nitrogen and oxygen atoms in total. The van der Waals surface area contributed by atoms with E-state index in [2.05, 4.69) is 4.90 Å². The molecule has 0 saturated carbocycles. The van der Waals surface area contributed by atoms with Crippen LogP contribution >= 0.6 is 0 Å². The summed E-state index contributed by atoms with van der Waals surface area (Å²) in [6.45, 7) is 3.22. The molecule has 92 valence electrons. The topological polar surface area (TPSA) is 38.8 Å². The number of ether oxygens (including phenoxy) is 2. The first-order chi connectivity index (χ1) is 7.77. The molecule has 0 aromatic carbocycles. The van der Waals surface area contributed by atoms with Crippen molar-refractivity contribution in [2.24, 2.45) is 0 Å². The van der Waals surface area contributed by atoms with Gasteiger partial charge in [0.05, 0.1) is 6.61 Å². The minimum atomic E-state index is 0.240. The van der Waals surface area contributed by atoms with E-state index in [0.29, 0.717) is 13.0 Å². The van der Waals surface area contributed by atoms with Crippen LogP contribution in [0.2, 0.25) is 0 Å². The highest BCUT2D eigenvalue weighted by Gasteiger charge is 2.17. The number of carbonyl (C=O) groups is 1. The first kappa shape index (κ1) is 13.2. The van der Waals surface area contributed by atoms with Crippen molar-refractivity contribution < 1.29 is 14.3 Å². The standard InChI is InChI=1S/C12H21NO3/c1-15-8-3-6-13(7-9-16-2)11-4-5-12(14)10-11/h10H,3-9H2,1-2H3. The Morgan fingerprint density at radius 3 is 2.50 bits per heavy atom. The highest BCUT2D eigenvalue weighted by molar-refractivity contribution is 5.92. The first-order valence-corrected chi connectivity index (χ1v) is 5.74. The fourth-order valence-corrected chi connectivity index (χ4v) is 1.83. The van der Waals surface area contributed by atoms with Crippen LogP contribution in [0.1, 0.15) is 19.3 Å². The van der Waals surface area contributed by atoms with Crippen LogP contribution in [0.3, 0.4) is 0 Å². The van der Waals surface area contributed by atoms with Crippen LogP contribution in [0.4, 0.5) is 0 Å². The van der Waals surface area contributed by atoms with Crippen LogP contribution in [-0.2, 0) is 14.3 Å². The molecule has 0 aromatic rings. The number of hydrogen-bond acceptors (Lipinski definition) is 4. The van der Waals surface area contributed by atoms with E-state index in [4.69, 9.17) is 9.47 Å². The van der Waals surface area contributed by atoms with Gasteiger partial charge in [0.25, 0.3) is 0 Å². The molecule has 0 N–H and O–H groups in total. The summed E-state index contributed by atoms with van der Waals surface area (Å²) in [4.78, 5) is 13.4. The van der Waals surface area contributed by atoms with Gasteiger partial charge in [-0.1, -0.05) is 0 Å². The Bertz CT molecular complexity index is 251. The maximum absolute atomic E-state index is 11.2. The quantitative estimate of drug-likeness (QED) is 0.584. The van der Waals surface area contributed by atoms with Crippen molar-refractivity contribution in [3.8, 4) is 0 Å². The Hall–Kier alpha value is -0.870. The zero-order valence-electron chi connectivity index (χ0n) is 10.2. The van der Waals surface area contributed by atoms with Crippen molar-refractivity contribution in [1.82, 2.24) is 4.90 Å². The molecule has 16 heavy (non-hydrogen) atoms. The predicted molar refractivity (Wildman–Crippen MR) is 62.3 cm³/mol. The molecular formula is C12H21NO3. The van der Waals surface area contributed by atoms with Crippen LogP contribution in [0.15, 0.2) is 11.8 Å². The molecule has 0 heterocycles. The highest BCUT2D eigenvalue weighted by atomic mass is 16.5. The zero-order chi connectivity index (χ0) is 11.8. The Kier molecular flexibility index (Phi) is 6.11. The summed E-state index contributed by atoms with van der Waals surface area (Å²) in [5, 5.41) is 0. The minimum absolute atomic E-state index is 0.240. The third kappa shape index (κ3) is 4.33. The molecule has 0 aromatic heterocycles. The Labute approximate surface area is 97.2 Å². The lowest BCUT2D eigenvalue weighted by Gasteiger charge is -2.25.